The van der Waals surface area contributed by atoms with Crippen LogP contribution in [0.15, 0.2) is 18.2 Å². The van der Waals surface area contributed by atoms with Crippen LogP contribution in [0.5, 0.6) is 0 Å². The van der Waals surface area contributed by atoms with Crippen LogP contribution in [0.3, 0.4) is 0 Å². The lowest BCUT2D eigenvalue weighted by atomic mass is 9.60. The average Bonchev–Trinajstić information content (AvgIpc) is 3.12. The second-order valence-corrected chi connectivity index (χ2v) is 9.85. The third-order valence-electron chi connectivity index (χ3n) is 7.41. The van der Waals surface area contributed by atoms with Crippen LogP contribution in [0.4, 0.5) is 8.78 Å². The summed E-state index contributed by atoms with van der Waals surface area (Å²) in [5.74, 6) is -1.07. The first-order valence-electron chi connectivity index (χ1n) is 10.9. The van der Waals surface area contributed by atoms with Gasteiger partial charge in [-0.15, -0.1) is 0 Å². The molecule has 0 aromatic heterocycles. The van der Waals surface area contributed by atoms with Crippen LogP contribution < -0.4 is 0 Å². The Morgan fingerprint density at radius 3 is 2.20 bits per heavy atom. The third kappa shape index (κ3) is 3.41. The number of amides is 2. The van der Waals surface area contributed by atoms with E-state index in [0.29, 0.717) is 19.0 Å². The van der Waals surface area contributed by atoms with Gasteiger partial charge in [-0.25, -0.2) is 8.78 Å². The normalized spacial score (nSPS) is 26.5. The number of carbonyl (C=O) groups is 2. The number of hydrogen-bond donors (Lipinski definition) is 0. The molecular weight excluding hydrogens is 388 g/mol. The Bertz CT molecular complexity index is 831. The Morgan fingerprint density at radius 1 is 1.03 bits per heavy atom. The quantitative estimate of drug-likeness (QED) is 0.757. The predicted octanol–water partition coefficient (Wildman–Crippen LogP) is 3.01. The summed E-state index contributed by atoms with van der Waals surface area (Å²) in [6, 6.07) is 2.95. The smallest absolute Gasteiger partial charge is 0.254 e. The highest BCUT2D eigenvalue weighted by Gasteiger charge is 2.64. The van der Waals surface area contributed by atoms with E-state index < -0.39 is 11.6 Å². The predicted molar refractivity (Wildman–Crippen MR) is 110 cm³/mol. The zero-order valence-electron chi connectivity index (χ0n) is 18.1. The second-order valence-electron chi connectivity index (χ2n) is 9.85. The summed E-state index contributed by atoms with van der Waals surface area (Å²) >= 11 is 0. The van der Waals surface area contributed by atoms with Gasteiger partial charge in [-0.1, -0.05) is 13.8 Å². The van der Waals surface area contributed by atoms with E-state index in [2.05, 4.69) is 18.7 Å². The average molecular weight is 420 g/mol. The van der Waals surface area contributed by atoms with E-state index in [9.17, 15) is 18.4 Å². The van der Waals surface area contributed by atoms with E-state index in [1.165, 1.54) is 0 Å². The summed E-state index contributed by atoms with van der Waals surface area (Å²) in [5, 5.41) is 0. The Labute approximate surface area is 177 Å². The van der Waals surface area contributed by atoms with E-state index in [0.717, 1.165) is 63.6 Å². The molecule has 4 rings (SSSR count). The number of rotatable bonds is 3. The van der Waals surface area contributed by atoms with Crippen LogP contribution in [-0.4, -0.2) is 72.8 Å². The number of likely N-dealkylation sites (tertiary alicyclic amines) is 3. The summed E-state index contributed by atoms with van der Waals surface area (Å²) in [6.45, 7) is 8.81. The molecule has 3 aliphatic heterocycles. The lowest BCUT2D eigenvalue weighted by molar-refractivity contribution is -0.141. The van der Waals surface area contributed by atoms with Crippen molar-refractivity contribution in [3.05, 3.63) is 35.4 Å². The second kappa shape index (κ2) is 7.59. The molecule has 1 aromatic rings. The maximum absolute atomic E-state index is 13.6. The van der Waals surface area contributed by atoms with Gasteiger partial charge in [0.1, 0.15) is 11.6 Å². The van der Waals surface area contributed by atoms with E-state index in [4.69, 9.17) is 0 Å². The minimum atomic E-state index is -0.745. The van der Waals surface area contributed by atoms with Crippen molar-refractivity contribution in [2.24, 2.45) is 16.7 Å². The maximum atomic E-state index is 13.6. The van der Waals surface area contributed by atoms with Crippen molar-refractivity contribution in [1.29, 1.82) is 0 Å². The lowest BCUT2D eigenvalue weighted by Gasteiger charge is -2.47. The molecule has 7 heteroatoms. The van der Waals surface area contributed by atoms with Crippen molar-refractivity contribution in [3.8, 4) is 0 Å². The Hall–Kier alpha value is -2.02. The number of halogens is 2. The minimum absolute atomic E-state index is 0.0442. The molecule has 0 aliphatic carbocycles. The summed E-state index contributed by atoms with van der Waals surface area (Å²) in [5.41, 5.74) is -0.479. The number of carbonyl (C=O) groups excluding carboxylic acids is 2. The lowest BCUT2D eigenvalue weighted by Crippen LogP contribution is -2.53. The summed E-state index contributed by atoms with van der Waals surface area (Å²) in [7, 11) is 1.88. The van der Waals surface area contributed by atoms with E-state index in [-0.39, 0.29) is 28.2 Å². The summed E-state index contributed by atoms with van der Waals surface area (Å²) in [4.78, 5) is 32.1. The van der Waals surface area contributed by atoms with Crippen LogP contribution in [0, 0.1) is 28.4 Å². The number of benzene rings is 1. The fraction of sp³-hybridized carbons (Fsp3) is 0.652. The van der Waals surface area contributed by atoms with Gasteiger partial charge in [0.15, 0.2) is 0 Å². The molecule has 3 aliphatic rings. The van der Waals surface area contributed by atoms with Gasteiger partial charge in [0, 0.05) is 63.4 Å². The molecule has 3 saturated heterocycles. The monoisotopic (exact) mass is 419 g/mol. The number of piperidine rings is 1. The van der Waals surface area contributed by atoms with E-state index in [1.807, 2.05) is 11.9 Å². The van der Waals surface area contributed by atoms with Crippen molar-refractivity contribution >= 4 is 11.8 Å². The van der Waals surface area contributed by atoms with Crippen molar-refractivity contribution < 1.29 is 18.4 Å². The van der Waals surface area contributed by atoms with Crippen LogP contribution in [0.2, 0.25) is 0 Å². The van der Waals surface area contributed by atoms with Crippen LogP contribution in [0.1, 0.15) is 43.5 Å². The molecular formula is C23H31F2N3O2. The Balaban J connectivity index is 1.55. The van der Waals surface area contributed by atoms with E-state index in [1.54, 1.807) is 4.90 Å². The molecule has 3 fully saturated rings. The molecule has 2 spiro atoms. The zero-order valence-corrected chi connectivity index (χ0v) is 18.1. The third-order valence-corrected chi connectivity index (χ3v) is 7.41. The molecule has 0 radical (unpaired) electrons. The fourth-order valence-corrected chi connectivity index (χ4v) is 6.04. The van der Waals surface area contributed by atoms with Crippen molar-refractivity contribution in [2.75, 3.05) is 46.3 Å². The van der Waals surface area contributed by atoms with Gasteiger partial charge >= 0.3 is 0 Å². The number of fused-ring (bicyclic) bond motifs is 1. The van der Waals surface area contributed by atoms with Crippen LogP contribution >= 0.6 is 0 Å². The number of nitrogens with zero attached hydrogens (tertiary/aromatic N) is 3. The topological polar surface area (TPSA) is 43.9 Å². The molecule has 0 unspecified atom stereocenters. The molecule has 3 heterocycles. The molecule has 2 amide bonds. The first-order chi connectivity index (χ1) is 14.2. The molecule has 1 aromatic carbocycles. The van der Waals surface area contributed by atoms with Gasteiger partial charge in [0.05, 0.1) is 5.41 Å². The van der Waals surface area contributed by atoms with Gasteiger partial charge in [-0.3, -0.25) is 9.59 Å². The highest BCUT2D eigenvalue weighted by atomic mass is 19.1. The van der Waals surface area contributed by atoms with Gasteiger partial charge in [-0.2, -0.15) is 0 Å². The maximum Gasteiger partial charge on any atom is 0.254 e. The highest BCUT2D eigenvalue weighted by molar-refractivity contribution is 5.94. The van der Waals surface area contributed by atoms with Gasteiger partial charge < -0.3 is 14.7 Å². The van der Waals surface area contributed by atoms with Gasteiger partial charge in [0.2, 0.25) is 5.91 Å². The largest absolute Gasteiger partial charge is 0.345 e. The van der Waals surface area contributed by atoms with Crippen molar-refractivity contribution in [1.82, 2.24) is 14.7 Å². The van der Waals surface area contributed by atoms with Crippen molar-refractivity contribution in [3.63, 3.8) is 0 Å². The SMILES string of the molecule is CC(C)CN1CC2(CCN(C(=O)c3cc(F)cc(F)c3)CC2)[C@]2(CCN(C)C2=O)C1. The molecule has 30 heavy (non-hydrogen) atoms. The molecule has 5 nitrogen and oxygen atoms in total. The first kappa shape index (κ1) is 21.2. The minimum Gasteiger partial charge on any atom is -0.345 e. The van der Waals surface area contributed by atoms with Crippen molar-refractivity contribution in [2.45, 2.75) is 33.1 Å². The Morgan fingerprint density at radius 2 is 1.67 bits per heavy atom. The van der Waals surface area contributed by atoms with Gasteiger partial charge in [0.25, 0.3) is 5.91 Å². The number of hydrogen-bond acceptors (Lipinski definition) is 3. The van der Waals surface area contributed by atoms with E-state index >= 15 is 0 Å². The molecule has 1 atom stereocenters. The Kier molecular flexibility index (Phi) is 5.37. The van der Waals surface area contributed by atoms with Crippen LogP contribution in [-0.2, 0) is 4.79 Å². The van der Waals surface area contributed by atoms with Crippen LogP contribution in [0.25, 0.3) is 0 Å². The zero-order chi connectivity index (χ0) is 21.7. The summed E-state index contributed by atoms with van der Waals surface area (Å²) < 4.78 is 27.1. The molecule has 164 valence electrons. The van der Waals surface area contributed by atoms with Gasteiger partial charge in [-0.05, 0) is 37.3 Å². The molecule has 0 saturated carbocycles. The molecule has 0 bridgehead atoms. The highest BCUT2D eigenvalue weighted by Crippen LogP contribution is 2.57. The standard InChI is InChI=1S/C23H31F2N3O2/c1-16(2)13-27-14-22(23(15-27)6-7-26(3)21(23)30)4-8-28(9-5-22)20(29)17-10-18(24)12-19(25)11-17/h10-12,16H,4-9,13-15H2,1-3H3/t23-/m1/s1. The summed E-state index contributed by atoms with van der Waals surface area (Å²) in [6.07, 6.45) is 2.34. The fourth-order valence-electron chi connectivity index (χ4n) is 6.04. The first-order valence-corrected chi connectivity index (χ1v) is 10.9. The molecule has 0 N–H and O–H groups in total.